The van der Waals surface area contributed by atoms with Gasteiger partial charge in [0, 0.05) is 24.3 Å². The molecule has 7 nitrogen and oxygen atoms in total. The number of methoxy groups -OCH3 is 1. The van der Waals surface area contributed by atoms with Crippen LogP contribution in [0.1, 0.15) is 36.8 Å². The minimum Gasteiger partial charge on any atom is -0.465 e. The minimum atomic E-state index is -0.536. The second kappa shape index (κ2) is 9.06. The molecule has 8 heteroatoms. The van der Waals surface area contributed by atoms with Gasteiger partial charge in [-0.25, -0.2) is 4.79 Å². The molecule has 0 radical (unpaired) electrons. The molecule has 0 aliphatic heterocycles. The van der Waals surface area contributed by atoms with Crippen LogP contribution in [0.2, 0.25) is 5.02 Å². The first-order valence-corrected chi connectivity index (χ1v) is 11.4. The first-order valence-electron chi connectivity index (χ1n) is 11.0. The van der Waals surface area contributed by atoms with Crippen molar-refractivity contribution in [3.8, 4) is 0 Å². The van der Waals surface area contributed by atoms with E-state index in [9.17, 15) is 9.59 Å². The normalized spacial score (nSPS) is 11.7. The molecule has 0 saturated carbocycles. The Hall–Kier alpha value is -3.45. The van der Waals surface area contributed by atoms with Crippen LogP contribution in [0.4, 0.5) is 5.69 Å². The van der Waals surface area contributed by atoms with Crippen LogP contribution in [0.5, 0.6) is 0 Å². The fourth-order valence-corrected chi connectivity index (χ4v) is 4.42. The predicted octanol–water partition coefficient (Wildman–Crippen LogP) is 5.53. The fraction of sp³-hybridized carbons (Fsp3) is 0.308. The van der Waals surface area contributed by atoms with E-state index >= 15 is 0 Å². The number of benzene rings is 2. The highest BCUT2D eigenvalue weighted by Gasteiger charge is 2.23. The van der Waals surface area contributed by atoms with E-state index in [0.29, 0.717) is 22.5 Å². The van der Waals surface area contributed by atoms with Gasteiger partial charge in [0.25, 0.3) is 0 Å². The van der Waals surface area contributed by atoms with Crippen LogP contribution in [0.15, 0.2) is 48.7 Å². The molecular weight excluding hydrogens is 454 g/mol. The number of nitrogens with zero attached hydrogens (tertiary/aromatic N) is 2. The van der Waals surface area contributed by atoms with E-state index in [1.807, 2.05) is 79.5 Å². The van der Waals surface area contributed by atoms with Gasteiger partial charge in [0.15, 0.2) is 0 Å². The summed E-state index contributed by atoms with van der Waals surface area (Å²) in [6.45, 7) is 6.05. The zero-order chi connectivity index (χ0) is 24.6. The number of nitrogens with one attached hydrogen (secondary N) is 1. The quantitative estimate of drug-likeness (QED) is 0.367. The molecule has 2 aromatic heterocycles. The van der Waals surface area contributed by atoms with Crippen LogP contribution in [-0.4, -0.2) is 33.8 Å². The molecule has 0 atom stereocenters. The molecule has 0 aliphatic carbocycles. The lowest BCUT2D eigenvalue weighted by Crippen LogP contribution is -2.26. The molecule has 4 aromatic rings. The van der Waals surface area contributed by atoms with Gasteiger partial charge in [0.2, 0.25) is 0 Å². The van der Waals surface area contributed by atoms with Crippen LogP contribution >= 0.6 is 11.6 Å². The summed E-state index contributed by atoms with van der Waals surface area (Å²) in [5.74, 6) is -0.726. The maximum Gasteiger partial charge on any atom is 0.340 e. The Morgan fingerprint density at radius 1 is 1.09 bits per heavy atom. The molecule has 2 heterocycles. The Kier molecular flexibility index (Phi) is 6.32. The molecule has 0 amide bonds. The Balaban J connectivity index is 1.63. The van der Waals surface area contributed by atoms with Gasteiger partial charge in [-0.2, -0.15) is 0 Å². The average Bonchev–Trinajstić information content (AvgIpc) is 3.29. The lowest BCUT2D eigenvalue weighted by atomic mass is 10.1. The molecule has 0 unspecified atom stereocenters. The summed E-state index contributed by atoms with van der Waals surface area (Å²) >= 11 is 6.44. The standard InChI is InChI=1S/C26H28ClN3O4/c1-26(2,3)34-22(31)15-30-12-11-16-9-10-17(13-20(16)30)28-14-21-24(25(32)33-5)23-18(27)7-6-8-19(23)29(21)4/h6-13,28H,14-15H2,1-5H3. The molecule has 0 aliphatic rings. The summed E-state index contributed by atoms with van der Waals surface area (Å²) in [6.07, 6.45) is 1.87. The SMILES string of the molecule is COC(=O)c1c(CNc2ccc3ccn(CC(=O)OC(C)(C)C)c3c2)n(C)c2cccc(Cl)c12. The van der Waals surface area contributed by atoms with Gasteiger partial charge in [0.1, 0.15) is 12.1 Å². The minimum absolute atomic E-state index is 0.123. The van der Waals surface area contributed by atoms with Crippen LogP contribution in [0, 0.1) is 0 Å². The number of hydrogen-bond donors (Lipinski definition) is 1. The average molecular weight is 482 g/mol. The number of carbonyl (C=O) groups is 2. The summed E-state index contributed by atoms with van der Waals surface area (Å²) in [7, 11) is 3.26. The maximum atomic E-state index is 12.6. The molecule has 4 rings (SSSR count). The van der Waals surface area contributed by atoms with Crippen molar-refractivity contribution in [3.05, 3.63) is 64.9 Å². The van der Waals surface area contributed by atoms with Crippen molar-refractivity contribution in [2.75, 3.05) is 12.4 Å². The smallest absolute Gasteiger partial charge is 0.340 e. The summed E-state index contributed by atoms with van der Waals surface area (Å²) in [6, 6.07) is 13.4. The van der Waals surface area contributed by atoms with Crippen LogP contribution in [0.25, 0.3) is 21.8 Å². The molecule has 2 aromatic carbocycles. The maximum absolute atomic E-state index is 12.6. The van der Waals surface area contributed by atoms with Gasteiger partial charge in [0.05, 0.1) is 41.0 Å². The first kappa shape index (κ1) is 23.7. The largest absolute Gasteiger partial charge is 0.465 e. The summed E-state index contributed by atoms with van der Waals surface area (Å²) in [5.41, 5.74) is 3.29. The number of carbonyl (C=O) groups excluding carboxylic acids is 2. The molecule has 0 saturated heterocycles. The number of esters is 2. The highest BCUT2D eigenvalue weighted by atomic mass is 35.5. The van der Waals surface area contributed by atoms with Crippen molar-refractivity contribution in [2.45, 2.75) is 39.5 Å². The number of ether oxygens (including phenoxy) is 2. The molecule has 1 N–H and O–H groups in total. The molecule has 178 valence electrons. The van der Waals surface area contributed by atoms with E-state index in [1.165, 1.54) is 7.11 Å². The van der Waals surface area contributed by atoms with E-state index in [0.717, 1.165) is 27.8 Å². The van der Waals surface area contributed by atoms with Crippen molar-refractivity contribution in [1.29, 1.82) is 0 Å². The number of fused-ring (bicyclic) bond motifs is 2. The zero-order valence-corrected chi connectivity index (χ0v) is 20.7. The van der Waals surface area contributed by atoms with Crippen molar-refractivity contribution >= 4 is 51.0 Å². The number of anilines is 1. The van der Waals surface area contributed by atoms with Crippen LogP contribution in [-0.2, 0) is 34.4 Å². The monoisotopic (exact) mass is 481 g/mol. The van der Waals surface area contributed by atoms with Gasteiger partial charge in [-0.3, -0.25) is 4.79 Å². The van der Waals surface area contributed by atoms with E-state index in [-0.39, 0.29) is 12.5 Å². The second-order valence-corrected chi connectivity index (χ2v) is 9.57. The van der Waals surface area contributed by atoms with Crippen LogP contribution < -0.4 is 5.32 Å². The highest BCUT2D eigenvalue weighted by molar-refractivity contribution is 6.36. The molecule has 0 bridgehead atoms. The highest BCUT2D eigenvalue weighted by Crippen LogP contribution is 2.32. The van der Waals surface area contributed by atoms with Crippen molar-refractivity contribution in [3.63, 3.8) is 0 Å². The predicted molar refractivity (Wildman–Crippen MR) is 134 cm³/mol. The van der Waals surface area contributed by atoms with Gasteiger partial charge in [-0.05, 0) is 56.5 Å². The van der Waals surface area contributed by atoms with E-state index < -0.39 is 11.6 Å². The van der Waals surface area contributed by atoms with Crippen molar-refractivity contribution < 1.29 is 19.1 Å². The zero-order valence-electron chi connectivity index (χ0n) is 19.9. The number of aromatic nitrogens is 2. The molecule has 0 spiro atoms. The third kappa shape index (κ3) is 4.61. The van der Waals surface area contributed by atoms with Gasteiger partial charge >= 0.3 is 11.9 Å². The van der Waals surface area contributed by atoms with Crippen molar-refractivity contribution in [2.24, 2.45) is 7.05 Å². The fourth-order valence-electron chi connectivity index (χ4n) is 4.16. The summed E-state index contributed by atoms with van der Waals surface area (Å²) in [5, 5.41) is 5.59. The van der Waals surface area contributed by atoms with Gasteiger partial charge < -0.3 is 23.9 Å². The number of aryl methyl sites for hydroxylation is 1. The van der Waals surface area contributed by atoms with Gasteiger partial charge in [-0.1, -0.05) is 23.7 Å². The number of halogens is 1. The summed E-state index contributed by atoms with van der Waals surface area (Å²) in [4.78, 5) is 25.0. The number of hydrogen-bond acceptors (Lipinski definition) is 5. The van der Waals surface area contributed by atoms with E-state index in [2.05, 4.69) is 5.32 Å². The summed E-state index contributed by atoms with van der Waals surface area (Å²) < 4.78 is 14.3. The lowest BCUT2D eigenvalue weighted by molar-refractivity contribution is -0.155. The third-order valence-corrected chi connectivity index (χ3v) is 5.95. The molecule has 34 heavy (non-hydrogen) atoms. The second-order valence-electron chi connectivity index (χ2n) is 9.16. The Morgan fingerprint density at radius 2 is 1.85 bits per heavy atom. The molecule has 0 fully saturated rings. The Morgan fingerprint density at radius 3 is 2.56 bits per heavy atom. The number of rotatable bonds is 6. The van der Waals surface area contributed by atoms with Gasteiger partial charge in [-0.15, -0.1) is 0 Å². The molecular formula is C26H28ClN3O4. The topological polar surface area (TPSA) is 74.5 Å². The Bertz CT molecular complexity index is 1390. The van der Waals surface area contributed by atoms with E-state index in [4.69, 9.17) is 21.1 Å². The lowest BCUT2D eigenvalue weighted by Gasteiger charge is -2.19. The Labute approximate surface area is 203 Å². The van der Waals surface area contributed by atoms with E-state index in [1.54, 1.807) is 6.07 Å². The first-order chi connectivity index (χ1) is 16.1. The van der Waals surface area contributed by atoms with Crippen molar-refractivity contribution in [1.82, 2.24) is 9.13 Å². The third-order valence-electron chi connectivity index (χ3n) is 5.64. The van der Waals surface area contributed by atoms with Crippen LogP contribution in [0.3, 0.4) is 0 Å².